The molecule has 2 rings (SSSR count). The van der Waals surface area contributed by atoms with Crippen LogP contribution in [-0.2, 0) is 4.74 Å². The van der Waals surface area contributed by atoms with E-state index >= 15 is 0 Å². The fourth-order valence-corrected chi connectivity index (χ4v) is 3.35. The maximum Gasteiger partial charge on any atom is 0.252 e. The number of halogens is 2. The predicted octanol–water partition coefficient (Wildman–Crippen LogP) is 2.71. The van der Waals surface area contributed by atoms with Crippen LogP contribution in [0.25, 0.3) is 0 Å². The van der Waals surface area contributed by atoms with E-state index in [1.807, 2.05) is 12.1 Å². The van der Waals surface area contributed by atoms with Crippen LogP contribution in [0.15, 0.2) is 27.1 Å². The van der Waals surface area contributed by atoms with Crippen molar-refractivity contribution in [3.63, 3.8) is 0 Å². The molecule has 1 amide bonds. The summed E-state index contributed by atoms with van der Waals surface area (Å²) < 4.78 is 7.47. The molecular formula is C14H18Br2N2O2. The summed E-state index contributed by atoms with van der Waals surface area (Å²) in [5, 5.41) is 6.17. The zero-order valence-corrected chi connectivity index (χ0v) is 14.3. The van der Waals surface area contributed by atoms with Crippen LogP contribution in [0.3, 0.4) is 0 Å². The van der Waals surface area contributed by atoms with E-state index in [4.69, 9.17) is 4.74 Å². The minimum absolute atomic E-state index is 0.0849. The molecule has 1 aliphatic rings. The first kappa shape index (κ1) is 15.9. The van der Waals surface area contributed by atoms with E-state index < -0.39 is 0 Å². The summed E-state index contributed by atoms with van der Waals surface area (Å²) in [6.45, 7) is 3.13. The van der Waals surface area contributed by atoms with Gasteiger partial charge < -0.3 is 15.4 Å². The quantitative estimate of drug-likeness (QED) is 0.740. The first-order chi connectivity index (χ1) is 9.66. The molecule has 1 saturated heterocycles. The molecular weight excluding hydrogens is 388 g/mol. The van der Waals surface area contributed by atoms with Crippen LogP contribution >= 0.6 is 31.9 Å². The van der Waals surface area contributed by atoms with E-state index in [1.54, 1.807) is 6.07 Å². The van der Waals surface area contributed by atoms with Gasteiger partial charge in [0.1, 0.15) is 0 Å². The van der Waals surface area contributed by atoms with Crippen LogP contribution in [0.4, 0.5) is 0 Å². The van der Waals surface area contributed by atoms with Crippen molar-refractivity contribution >= 4 is 37.8 Å². The molecule has 0 bridgehead atoms. The average molecular weight is 406 g/mol. The Kier molecular flexibility index (Phi) is 6.48. The number of piperidine rings is 1. The van der Waals surface area contributed by atoms with Gasteiger partial charge in [-0.25, -0.2) is 0 Å². The van der Waals surface area contributed by atoms with Crippen molar-refractivity contribution in [1.82, 2.24) is 10.6 Å². The molecule has 0 atom stereocenters. The minimum atomic E-state index is -0.0849. The van der Waals surface area contributed by atoms with Gasteiger partial charge in [-0.1, -0.05) is 15.9 Å². The molecule has 0 unspecified atom stereocenters. The van der Waals surface area contributed by atoms with Gasteiger partial charge in [0.25, 0.3) is 5.91 Å². The number of carbonyl (C=O) groups excluding carboxylic acids is 1. The van der Waals surface area contributed by atoms with Crippen molar-refractivity contribution in [1.29, 1.82) is 0 Å². The Hall–Kier alpha value is -0.430. The Morgan fingerprint density at radius 3 is 2.80 bits per heavy atom. The first-order valence-electron chi connectivity index (χ1n) is 6.72. The van der Waals surface area contributed by atoms with Gasteiger partial charge in [-0.2, -0.15) is 0 Å². The van der Waals surface area contributed by atoms with Gasteiger partial charge in [-0.3, -0.25) is 4.79 Å². The summed E-state index contributed by atoms with van der Waals surface area (Å²) in [6.07, 6.45) is 2.42. The molecule has 0 aliphatic carbocycles. The van der Waals surface area contributed by atoms with Crippen molar-refractivity contribution in [3.8, 4) is 0 Å². The zero-order chi connectivity index (χ0) is 14.4. The molecule has 4 nitrogen and oxygen atoms in total. The zero-order valence-electron chi connectivity index (χ0n) is 11.1. The van der Waals surface area contributed by atoms with Gasteiger partial charge in [0.2, 0.25) is 0 Å². The average Bonchev–Trinajstić information content (AvgIpc) is 2.44. The number of ether oxygens (including phenoxy) is 1. The van der Waals surface area contributed by atoms with Crippen LogP contribution in [0, 0.1) is 0 Å². The van der Waals surface area contributed by atoms with Crippen LogP contribution in [0.5, 0.6) is 0 Å². The van der Waals surface area contributed by atoms with Gasteiger partial charge >= 0.3 is 0 Å². The Balaban J connectivity index is 1.72. The molecule has 0 radical (unpaired) electrons. The number of hydrogen-bond donors (Lipinski definition) is 2. The summed E-state index contributed by atoms with van der Waals surface area (Å²) in [5.74, 6) is -0.0849. The van der Waals surface area contributed by atoms with Crippen molar-refractivity contribution in [3.05, 3.63) is 32.7 Å². The second-order valence-electron chi connectivity index (χ2n) is 4.70. The molecule has 1 aliphatic heterocycles. The van der Waals surface area contributed by atoms with Crippen LogP contribution in [0.1, 0.15) is 23.2 Å². The Labute approximate surface area is 135 Å². The lowest BCUT2D eigenvalue weighted by Crippen LogP contribution is -2.34. The van der Waals surface area contributed by atoms with E-state index in [9.17, 15) is 4.79 Å². The SMILES string of the molecule is O=C(NCCOC1CCNCC1)c1ccc(Br)cc1Br. The van der Waals surface area contributed by atoms with E-state index in [0.29, 0.717) is 24.8 Å². The third-order valence-electron chi connectivity index (χ3n) is 3.20. The molecule has 1 heterocycles. The maximum atomic E-state index is 12.0. The fraction of sp³-hybridized carbons (Fsp3) is 0.500. The molecule has 1 aromatic carbocycles. The third kappa shape index (κ3) is 4.84. The maximum absolute atomic E-state index is 12.0. The van der Waals surface area contributed by atoms with E-state index in [2.05, 4.69) is 42.5 Å². The van der Waals surface area contributed by atoms with Crippen LogP contribution in [-0.4, -0.2) is 38.3 Å². The summed E-state index contributed by atoms with van der Waals surface area (Å²) in [5.41, 5.74) is 0.634. The molecule has 110 valence electrons. The number of benzene rings is 1. The molecule has 1 aromatic rings. The van der Waals surface area contributed by atoms with Gasteiger partial charge in [0, 0.05) is 15.5 Å². The number of amides is 1. The molecule has 0 saturated carbocycles. The highest BCUT2D eigenvalue weighted by molar-refractivity contribution is 9.11. The topological polar surface area (TPSA) is 50.4 Å². The predicted molar refractivity (Wildman–Crippen MR) is 86.0 cm³/mol. The molecule has 0 spiro atoms. The Morgan fingerprint density at radius 1 is 1.35 bits per heavy atom. The van der Waals surface area contributed by atoms with Crippen molar-refractivity contribution in [2.75, 3.05) is 26.2 Å². The highest BCUT2D eigenvalue weighted by Gasteiger charge is 2.13. The summed E-state index contributed by atoms with van der Waals surface area (Å²) >= 11 is 6.76. The number of nitrogens with one attached hydrogen (secondary N) is 2. The number of rotatable bonds is 5. The van der Waals surface area contributed by atoms with Gasteiger partial charge in [-0.05, 0) is 60.1 Å². The first-order valence-corrected chi connectivity index (χ1v) is 8.31. The molecule has 0 aromatic heterocycles. The largest absolute Gasteiger partial charge is 0.376 e. The number of carbonyl (C=O) groups is 1. The Morgan fingerprint density at radius 2 is 2.10 bits per heavy atom. The monoisotopic (exact) mass is 404 g/mol. The molecule has 1 fully saturated rings. The number of hydrogen-bond acceptors (Lipinski definition) is 3. The lowest BCUT2D eigenvalue weighted by molar-refractivity contribution is 0.0343. The highest BCUT2D eigenvalue weighted by Crippen LogP contribution is 2.21. The van der Waals surface area contributed by atoms with Crippen molar-refractivity contribution < 1.29 is 9.53 Å². The van der Waals surface area contributed by atoms with Crippen LogP contribution in [0.2, 0.25) is 0 Å². The van der Waals surface area contributed by atoms with Crippen molar-refractivity contribution in [2.24, 2.45) is 0 Å². The third-order valence-corrected chi connectivity index (χ3v) is 4.35. The van der Waals surface area contributed by atoms with Gasteiger partial charge in [-0.15, -0.1) is 0 Å². The lowest BCUT2D eigenvalue weighted by atomic mass is 10.1. The van der Waals surface area contributed by atoms with Crippen molar-refractivity contribution in [2.45, 2.75) is 18.9 Å². The molecule has 20 heavy (non-hydrogen) atoms. The summed E-state index contributed by atoms with van der Waals surface area (Å²) in [6, 6.07) is 5.50. The fourth-order valence-electron chi connectivity index (χ4n) is 2.12. The van der Waals surface area contributed by atoms with E-state index in [-0.39, 0.29) is 5.91 Å². The van der Waals surface area contributed by atoms with Gasteiger partial charge in [0.05, 0.1) is 18.3 Å². The molecule has 6 heteroatoms. The standard InChI is InChI=1S/C14H18Br2N2O2/c15-10-1-2-12(13(16)9-10)14(19)18-7-8-20-11-3-5-17-6-4-11/h1-2,9,11,17H,3-8H2,(H,18,19). The highest BCUT2D eigenvalue weighted by atomic mass is 79.9. The van der Waals surface area contributed by atoms with E-state index in [0.717, 1.165) is 34.9 Å². The summed E-state index contributed by atoms with van der Waals surface area (Å²) in [4.78, 5) is 12.0. The van der Waals surface area contributed by atoms with Crippen LogP contribution < -0.4 is 10.6 Å². The van der Waals surface area contributed by atoms with Gasteiger partial charge in [0.15, 0.2) is 0 Å². The summed E-state index contributed by atoms with van der Waals surface area (Å²) in [7, 11) is 0. The second kappa shape index (κ2) is 8.12. The second-order valence-corrected chi connectivity index (χ2v) is 6.47. The normalized spacial score (nSPS) is 16.1. The lowest BCUT2D eigenvalue weighted by Gasteiger charge is -2.22. The van der Waals surface area contributed by atoms with E-state index in [1.165, 1.54) is 0 Å². The minimum Gasteiger partial charge on any atom is -0.376 e. The Bertz CT molecular complexity index is 462. The smallest absolute Gasteiger partial charge is 0.252 e. The molecule has 2 N–H and O–H groups in total.